The maximum Gasteiger partial charge on any atom is 0.251 e. The van der Waals surface area contributed by atoms with Gasteiger partial charge in [-0.2, -0.15) is 5.26 Å². The van der Waals surface area contributed by atoms with Crippen LogP contribution in [0.25, 0.3) is 0 Å². The molecule has 5 heteroatoms. The molecule has 0 fully saturated rings. The van der Waals surface area contributed by atoms with Gasteiger partial charge in [-0.3, -0.25) is 5.10 Å². The summed E-state index contributed by atoms with van der Waals surface area (Å²) in [7, 11) is 0. The van der Waals surface area contributed by atoms with Crippen LogP contribution in [0, 0.1) is 16.7 Å². The van der Waals surface area contributed by atoms with Crippen molar-refractivity contribution in [1.29, 1.82) is 10.7 Å². The number of rotatable bonds is 3. The van der Waals surface area contributed by atoms with Crippen LogP contribution < -0.4 is 4.74 Å². The lowest BCUT2D eigenvalue weighted by Crippen LogP contribution is -1.93. The van der Waals surface area contributed by atoms with E-state index in [1.807, 2.05) is 6.07 Å². The van der Waals surface area contributed by atoms with Crippen LogP contribution in [-0.2, 0) is 0 Å². The van der Waals surface area contributed by atoms with Crippen LogP contribution in [0.3, 0.4) is 0 Å². The van der Waals surface area contributed by atoms with Crippen molar-refractivity contribution in [2.75, 3.05) is 6.61 Å². The molecule has 0 spiro atoms. The lowest BCUT2D eigenvalue weighted by atomic mass is 10.3. The van der Waals surface area contributed by atoms with Crippen LogP contribution in [0.4, 0.5) is 0 Å². The summed E-state index contributed by atoms with van der Waals surface area (Å²) < 4.78 is 5.04. The molecular formula is C7H8N4O. The number of H-pyrrole nitrogens is 1. The average molecular weight is 164 g/mol. The number of ether oxygens (including phenoxy) is 1. The Morgan fingerprint density at radius 1 is 1.83 bits per heavy atom. The van der Waals surface area contributed by atoms with Gasteiger partial charge in [-0.15, -0.1) is 5.10 Å². The Hall–Kier alpha value is -1.83. The van der Waals surface area contributed by atoms with Crippen LogP contribution >= 0.6 is 0 Å². The Morgan fingerprint density at radius 2 is 2.58 bits per heavy atom. The molecule has 0 saturated heterocycles. The highest BCUT2D eigenvalue weighted by molar-refractivity contribution is 5.79. The van der Waals surface area contributed by atoms with Crippen LogP contribution in [0.5, 0.6) is 5.88 Å². The summed E-state index contributed by atoms with van der Waals surface area (Å²) >= 11 is 0. The van der Waals surface area contributed by atoms with E-state index in [1.54, 1.807) is 6.92 Å². The number of hydrogen-bond donors (Lipinski definition) is 2. The van der Waals surface area contributed by atoms with Crippen LogP contribution in [-0.4, -0.2) is 23.0 Å². The third-order valence-electron chi connectivity index (χ3n) is 1.30. The molecule has 1 aromatic heterocycles. The molecule has 0 aliphatic carbocycles. The van der Waals surface area contributed by atoms with Crippen molar-refractivity contribution < 1.29 is 4.74 Å². The molecule has 0 aliphatic rings. The van der Waals surface area contributed by atoms with E-state index < -0.39 is 0 Å². The summed E-state index contributed by atoms with van der Waals surface area (Å²) in [5.74, 6) is 0.263. The first-order chi connectivity index (χ1) is 5.83. The van der Waals surface area contributed by atoms with E-state index in [4.69, 9.17) is 15.4 Å². The quantitative estimate of drug-likeness (QED) is 0.644. The number of aromatic nitrogens is 2. The van der Waals surface area contributed by atoms with Gasteiger partial charge in [0, 0.05) is 6.21 Å². The molecule has 1 rings (SSSR count). The van der Waals surface area contributed by atoms with Gasteiger partial charge in [0.2, 0.25) is 0 Å². The SMILES string of the molecule is CCOc1n[nH]c(C=N)c1C#N. The molecule has 0 atom stereocenters. The summed E-state index contributed by atoms with van der Waals surface area (Å²) in [6.07, 6.45) is 1.04. The highest BCUT2D eigenvalue weighted by atomic mass is 16.5. The molecule has 0 radical (unpaired) electrons. The Bertz CT molecular complexity index is 323. The molecular weight excluding hydrogens is 156 g/mol. The maximum absolute atomic E-state index is 8.65. The third kappa shape index (κ3) is 1.27. The molecule has 5 nitrogen and oxygen atoms in total. The van der Waals surface area contributed by atoms with Gasteiger partial charge >= 0.3 is 0 Å². The van der Waals surface area contributed by atoms with E-state index in [-0.39, 0.29) is 11.4 Å². The van der Waals surface area contributed by atoms with Crippen LogP contribution in [0.1, 0.15) is 18.2 Å². The first kappa shape index (κ1) is 8.27. The first-order valence-corrected chi connectivity index (χ1v) is 3.45. The topological polar surface area (TPSA) is 85.5 Å². The molecule has 0 unspecified atom stereocenters. The Kier molecular flexibility index (Phi) is 2.43. The molecule has 0 bridgehead atoms. The first-order valence-electron chi connectivity index (χ1n) is 3.45. The summed E-state index contributed by atoms with van der Waals surface area (Å²) in [6.45, 7) is 2.26. The molecule has 1 heterocycles. The second-order valence-corrected chi connectivity index (χ2v) is 2.01. The zero-order valence-corrected chi connectivity index (χ0v) is 6.59. The minimum absolute atomic E-state index is 0.263. The number of aromatic amines is 1. The van der Waals surface area contributed by atoms with E-state index >= 15 is 0 Å². The fourth-order valence-electron chi connectivity index (χ4n) is 0.792. The summed E-state index contributed by atoms with van der Waals surface area (Å²) in [4.78, 5) is 0. The normalized spacial score (nSPS) is 9.00. The highest BCUT2D eigenvalue weighted by Gasteiger charge is 2.11. The molecule has 1 aromatic rings. The largest absolute Gasteiger partial charge is 0.476 e. The summed E-state index contributed by atoms with van der Waals surface area (Å²) in [5.41, 5.74) is 0.660. The molecule has 0 amide bonds. The standard InChI is InChI=1S/C7H8N4O/c1-2-12-7-5(3-8)6(4-9)10-11-7/h4,9H,2H2,1H3,(H,10,11). The smallest absolute Gasteiger partial charge is 0.251 e. The van der Waals surface area contributed by atoms with Gasteiger partial charge in [-0.05, 0) is 6.92 Å². The van der Waals surface area contributed by atoms with Crippen LogP contribution in [0.15, 0.2) is 0 Å². The molecule has 0 aliphatic heterocycles. The second-order valence-electron chi connectivity index (χ2n) is 2.01. The Labute approximate surface area is 69.5 Å². The van der Waals surface area contributed by atoms with E-state index in [0.717, 1.165) is 6.21 Å². The van der Waals surface area contributed by atoms with Crippen molar-refractivity contribution in [3.05, 3.63) is 11.3 Å². The fourth-order valence-corrected chi connectivity index (χ4v) is 0.792. The van der Waals surface area contributed by atoms with Gasteiger partial charge in [0.15, 0.2) is 0 Å². The Morgan fingerprint density at radius 3 is 3.08 bits per heavy atom. The van der Waals surface area contributed by atoms with Crippen molar-refractivity contribution in [1.82, 2.24) is 10.2 Å². The summed E-state index contributed by atoms with van der Waals surface area (Å²) in [6, 6.07) is 1.91. The van der Waals surface area contributed by atoms with E-state index in [0.29, 0.717) is 12.3 Å². The van der Waals surface area contributed by atoms with Crippen molar-refractivity contribution in [2.24, 2.45) is 0 Å². The van der Waals surface area contributed by atoms with Gasteiger partial charge in [0.1, 0.15) is 11.6 Å². The van der Waals surface area contributed by atoms with Crippen molar-refractivity contribution in [3.63, 3.8) is 0 Å². The lowest BCUT2D eigenvalue weighted by Gasteiger charge is -1.95. The highest BCUT2D eigenvalue weighted by Crippen LogP contribution is 2.15. The molecule has 2 N–H and O–H groups in total. The Balaban J connectivity index is 3.06. The molecule has 0 aromatic carbocycles. The van der Waals surface area contributed by atoms with Gasteiger partial charge < -0.3 is 10.1 Å². The van der Waals surface area contributed by atoms with E-state index in [9.17, 15) is 0 Å². The lowest BCUT2D eigenvalue weighted by molar-refractivity contribution is 0.325. The monoisotopic (exact) mass is 164 g/mol. The predicted molar refractivity (Wildman–Crippen MR) is 42.4 cm³/mol. The maximum atomic E-state index is 8.65. The van der Waals surface area contributed by atoms with Crippen LogP contribution in [0.2, 0.25) is 0 Å². The zero-order chi connectivity index (χ0) is 8.97. The van der Waals surface area contributed by atoms with E-state index in [2.05, 4.69) is 10.2 Å². The van der Waals surface area contributed by atoms with Crippen molar-refractivity contribution >= 4 is 6.21 Å². The predicted octanol–water partition coefficient (Wildman–Crippen LogP) is 0.678. The van der Waals surface area contributed by atoms with E-state index in [1.165, 1.54) is 0 Å². The number of hydrogen-bond acceptors (Lipinski definition) is 4. The molecule has 12 heavy (non-hydrogen) atoms. The molecule has 62 valence electrons. The van der Waals surface area contributed by atoms with Crippen molar-refractivity contribution in [2.45, 2.75) is 6.92 Å². The fraction of sp³-hybridized carbons (Fsp3) is 0.286. The van der Waals surface area contributed by atoms with Gasteiger partial charge in [-0.1, -0.05) is 0 Å². The van der Waals surface area contributed by atoms with Crippen molar-refractivity contribution in [3.8, 4) is 11.9 Å². The average Bonchev–Trinajstić information content (AvgIpc) is 2.47. The molecule has 0 saturated carbocycles. The minimum atomic E-state index is 0.263. The van der Waals surface area contributed by atoms with Gasteiger partial charge in [0.25, 0.3) is 5.88 Å². The minimum Gasteiger partial charge on any atom is -0.476 e. The van der Waals surface area contributed by atoms with Gasteiger partial charge in [0.05, 0.1) is 12.3 Å². The number of nitriles is 1. The van der Waals surface area contributed by atoms with Gasteiger partial charge in [-0.25, -0.2) is 0 Å². The third-order valence-corrected chi connectivity index (χ3v) is 1.30. The summed E-state index contributed by atoms with van der Waals surface area (Å²) in [5, 5.41) is 21.8. The zero-order valence-electron chi connectivity index (χ0n) is 6.59. The number of nitrogens with one attached hydrogen (secondary N) is 2. The second kappa shape index (κ2) is 3.53. The number of nitrogens with zero attached hydrogens (tertiary/aromatic N) is 2.